The molecule has 0 unspecified atom stereocenters. The molecule has 0 saturated heterocycles. The number of benzene rings is 1. The van der Waals surface area contributed by atoms with E-state index in [0.29, 0.717) is 26.0 Å². The van der Waals surface area contributed by atoms with Gasteiger partial charge in [0, 0.05) is 10.8 Å². The summed E-state index contributed by atoms with van der Waals surface area (Å²) in [5, 5.41) is 11.6. The molecule has 0 aliphatic rings. The third-order valence-electron chi connectivity index (χ3n) is 2.58. The quantitative estimate of drug-likeness (QED) is 0.411. The number of thioether (sulfide) groups is 2. The van der Waals surface area contributed by atoms with E-state index in [0.717, 1.165) is 5.56 Å². The molecule has 2 rings (SSSR count). The van der Waals surface area contributed by atoms with Crippen LogP contribution in [0.2, 0.25) is 5.02 Å². The maximum atomic E-state index is 11.9. The summed E-state index contributed by atoms with van der Waals surface area (Å²) < 4.78 is 5.15. The SMILES string of the molecule is COC(=O)CSc1nnc(NC(=O)CSCc2cccc(Cl)c2)s1. The Balaban J connectivity index is 1.72. The fraction of sp³-hybridized carbons (Fsp3) is 0.286. The normalized spacial score (nSPS) is 10.4. The maximum absolute atomic E-state index is 11.9. The van der Waals surface area contributed by atoms with E-state index in [4.69, 9.17) is 11.6 Å². The summed E-state index contributed by atoms with van der Waals surface area (Å²) in [5.41, 5.74) is 1.07. The van der Waals surface area contributed by atoms with Crippen molar-refractivity contribution >= 4 is 63.5 Å². The molecule has 1 N–H and O–H groups in total. The van der Waals surface area contributed by atoms with Crippen LogP contribution in [0.15, 0.2) is 28.6 Å². The average molecular weight is 404 g/mol. The molecule has 1 amide bonds. The van der Waals surface area contributed by atoms with Crippen LogP contribution >= 0.6 is 46.5 Å². The molecule has 0 spiro atoms. The van der Waals surface area contributed by atoms with Crippen molar-refractivity contribution < 1.29 is 14.3 Å². The predicted octanol–water partition coefficient (Wildman–Crippen LogP) is 3.33. The number of amides is 1. The molecule has 0 radical (unpaired) electrons. The predicted molar refractivity (Wildman–Crippen MR) is 98.9 cm³/mol. The van der Waals surface area contributed by atoms with Gasteiger partial charge in [-0.05, 0) is 17.7 Å². The van der Waals surface area contributed by atoms with Gasteiger partial charge in [0.1, 0.15) is 0 Å². The lowest BCUT2D eigenvalue weighted by molar-refractivity contribution is -0.137. The summed E-state index contributed by atoms with van der Waals surface area (Å²) in [6, 6.07) is 7.54. The maximum Gasteiger partial charge on any atom is 0.316 e. The number of methoxy groups -OCH3 is 1. The van der Waals surface area contributed by atoms with Crippen molar-refractivity contribution in [3.8, 4) is 0 Å². The van der Waals surface area contributed by atoms with Crippen molar-refractivity contribution in [2.45, 2.75) is 10.1 Å². The van der Waals surface area contributed by atoms with Crippen LogP contribution in [0, 0.1) is 0 Å². The smallest absolute Gasteiger partial charge is 0.316 e. The van der Waals surface area contributed by atoms with Crippen LogP contribution in [0.3, 0.4) is 0 Å². The molecule has 128 valence electrons. The second-order valence-corrected chi connectivity index (χ2v) is 8.03. The first kappa shape index (κ1) is 19.0. The van der Waals surface area contributed by atoms with E-state index in [9.17, 15) is 9.59 Å². The van der Waals surface area contributed by atoms with E-state index >= 15 is 0 Å². The zero-order valence-electron chi connectivity index (χ0n) is 12.7. The monoisotopic (exact) mass is 403 g/mol. The van der Waals surface area contributed by atoms with Crippen LogP contribution < -0.4 is 5.32 Å². The van der Waals surface area contributed by atoms with Crippen molar-refractivity contribution in [1.29, 1.82) is 0 Å². The van der Waals surface area contributed by atoms with Gasteiger partial charge in [-0.1, -0.05) is 46.8 Å². The summed E-state index contributed by atoms with van der Waals surface area (Å²) in [4.78, 5) is 22.9. The van der Waals surface area contributed by atoms with Crippen molar-refractivity contribution in [1.82, 2.24) is 10.2 Å². The minimum Gasteiger partial charge on any atom is -0.468 e. The van der Waals surface area contributed by atoms with Crippen LogP contribution in [0.25, 0.3) is 0 Å². The van der Waals surface area contributed by atoms with Gasteiger partial charge < -0.3 is 4.74 Å². The Kier molecular flexibility index (Phi) is 7.83. The van der Waals surface area contributed by atoms with Crippen LogP contribution in [0.1, 0.15) is 5.56 Å². The van der Waals surface area contributed by atoms with Gasteiger partial charge >= 0.3 is 5.97 Å². The van der Waals surface area contributed by atoms with Gasteiger partial charge in [-0.3, -0.25) is 14.9 Å². The number of anilines is 1. The second-order valence-electron chi connectivity index (χ2n) is 4.41. The molecule has 1 aromatic carbocycles. The molecule has 24 heavy (non-hydrogen) atoms. The average Bonchev–Trinajstić information content (AvgIpc) is 3.00. The van der Waals surface area contributed by atoms with Crippen molar-refractivity contribution in [2.24, 2.45) is 0 Å². The Bertz CT molecular complexity index is 711. The number of nitrogens with zero attached hydrogens (tertiary/aromatic N) is 2. The van der Waals surface area contributed by atoms with E-state index in [1.54, 1.807) is 0 Å². The molecule has 0 aliphatic heterocycles. The molecule has 6 nitrogen and oxygen atoms in total. The molecule has 0 fully saturated rings. The molecule has 0 aliphatic carbocycles. The highest BCUT2D eigenvalue weighted by molar-refractivity contribution is 8.01. The first-order chi connectivity index (χ1) is 11.6. The lowest BCUT2D eigenvalue weighted by Gasteiger charge is -2.02. The standard InChI is InChI=1S/C14H14ClN3O3S3/c1-21-12(20)8-23-14-18-17-13(24-14)16-11(19)7-22-6-9-3-2-4-10(15)5-9/h2-5H,6-8H2,1H3,(H,16,17,19). The highest BCUT2D eigenvalue weighted by atomic mass is 35.5. The number of halogens is 1. The minimum absolute atomic E-state index is 0.150. The minimum atomic E-state index is -0.335. The number of nitrogens with one attached hydrogen (secondary N) is 1. The number of ether oxygens (including phenoxy) is 1. The number of carbonyl (C=O) groups excluding carboxylic acids is 2. The first-order valence-electron chi connectivity index (χ1n) is 6.72. The van der Waals surface area contributed by atoms with Gasteiger partial charge in [0.05, 0.1) is 18.6 Å². The largest absolute Gasteiger partial charge is 0.468 e. The van der Waals surface area contributed by atoms with E-state index in [1.165, 1.54) is 42.0 Å². The van der Waals surface area contributed by atoms with Gasteiger partial charge in [0.2, 0.25) is 11.0 Å². The third-order valence-corrected chi connectivity index (χ3v) is 5.77. The Hall–Kier alpha value is -1.29. The number of rotatable bonds is 8. The molecule has 10 heteroatoms. The van der Waals surface area contributed by atoms with Gasteiger partial charge in [-0.25, -0.2) is 0 Å². The summed E-state index contributed by atoms with van der Waals surface area (Å²) in [5.74, 6) is 0.677. The number of carbonyl (C=O) groups is 2. The van der Waals surface area contributed by atoms with Crippen molar-refractivity contribution in [3.63, 3.8) is 0 Å². The van der Waals surface area contributed by atoms with Crippen LogP contribution in [-0.2, 0) is 20.1 Å². The van der Waals surface area contributed by atoms with E-state index in [1.807, 2.05) is 24.3 Å². The highest BCUT2D eigenvalue weighted by Crippen LogP contribution is 2.25. The highest BCUT2D eigenvalue weighted by Gasteiger charge is 2.10. The molecule has 1 heterocycles. The van der Waals surface area contributed by atoms with Gasteiger partial charge in [0.15, 0.2) is 4.34 Å². The fourth-order valence-corrected chi connectivity index (χ4v) is 4.13. The molecular weight excluding hydrogens is 390 g/mol. The Morgan fingerprint density at radius 3 is 2.92 bits per heavy atom. The van der Waals surface area contributed by atoms with E-state index in [-0.39, 0.29) is 17.6 Å². The molecule has 2 aromatic rings. The van der Waals surface area contributed by atoms with Crippen LogP contribution in [0.4, 0.5) is 5.13 Å². The lowest BCUT2D eigenvalue weighted by Crippen LogP contribution is -2.13. The topological polar surface area (TPSA) is 81.2 Å². The summed E-state index contributed by atoms with van der Waals surface area (Å²) in [6.45, 7) is 0. The number of hydrogen-bond acceptors (Lipinski definition) is 8. The van der Waals surface area contributed by atoms with Crippen molar-refractivity contribution in [2.75, 3.05) is 23.9 Å². The summed E-state index contributed by atoms with van der Waals surface area (Å²) >= 11 is 9.84. The zero-order chi connectivity index (χ0) is 17.4. The lowest BCUT2D eigenvalue weighted by atomic mass is 10.2. The molecule has 1 aromatic heterocycles. The number of aromatic nitrogens is 2. The zero-order valence-corrected chi connectivity index (χ0v) is 15.9. The second kappa shape index (κ2) is 9.87. The third kappa shape index (κ3) is 6.68. The van der Waals surface area contributed by atoms with E-state index < -0.39 is 0 Å². The van der Waals surface area contributed by atoms with Gasteiger partial charge in [-0.2, -0.15) is 0 Å². The fourth-order valence-electron chi connectivity index (χ4n) is 1.54. The number of hydrogen-bond donors (Lipinski definition) is 1. The summed E-state index contributed by atoms with van der Waals surface area (Å²) in [7, 11) is 1.33. The first-order valence-corrected chi connectivity index (χ1v) is 10.1. The molecular formula is C14H14ClN3O3S3. The molecule has 0 saturated carbocycles. The Morgan fingerprint density at radius 2 is 2.17 bits per heavy atom. The van der Waals surface area contributed by atoms with Crippen LogP contribution in [0.5, 0.6) is 0 Å². The Morgan fingerprint density at radius 1 is 1.33 bits per heavy atom. The van der Waals surface area contributed by atoms with E-state index in [2.05, 4.69) is 20.3 Å². The Labute approximate surface area is 156 Å². The molecule has 0 bridgehead atoms. The summed E-state index contributed by atoms with van der Waals surface area (Å²) in [6.07, 6.45) is 0. The van der Waals surface area contributed by atoms with Crippen molar-refractivity contribution in [3.05, 3.63) is 34.9 Å². The van der Waals surface area contributed by atoms with Gasteiger partial charge in [0.25, 0.3) is 0 Å². The number of esters is 1. The van der Waals surface area contributed by atoms with Gasteiger partial charge in [-0.15, -0.1) is 22.0 Å². The molecule has 0 atom stereocenters. The van der Waals surface area contributed by atoms with Crippen LogP contribution in [-0.4, -0.2) is 40.7 Å².